The van der Waals surface area contributed by atoms with Crippen molar-refractivity contribution >= 4 is 57.5 Å². The van der Waals surface area contributed by atoms with E-state index in [0.717, 1.165) is 75.9 Å². The molecule has 0 saturated heterocycles. The number of benzene rings is 4. The number of anilines is 2. The minimum Gasteiger partial charge on any atom is -0.326 e. The lowest BCUT2D eigenvalue weighted by atomic mass is 10.1. The first-order valence-electron chi connectivity index (χ1n) is 21.7. The van der Waals surface area contributed by atoms with Gasteiger partial charge < -0.3 is 10.6 Å². The summed E-state index contributed by atoms with van der Waals surface area (Å²) >= 11 is 0. The highest BCUT2D eigenvalue weighted by molar-refractivity contribution is 5.93. The first kappa shape index (κ1) is 40.3. The Bertz CT molecular complexity index is 2980. The van der Waals surface area contributed by atoms with Crippen molar-refractivity contribution in [3.05, 3.63) is 150 Å². The molecule has 63 heavy (non-hydrogen) atoms. The molecule has 12 nitrogen and oxygen atoms in total. The van der Waals surface area contributed by atoms with Gasteiger partial charge in [-0.05, 0) is 142 Å². The summed E-state index contributed by atoms with van der Waals surface area (Å²) < 4.78 is 20.4. The molecule has 0 spiro atoms. The first-order valence-corrected chi connectivity index (χ1v) is 21.7. The van der Waals surface area contributed by atoms with E-state index in [2.05, 4.69) is 42.7 Å². The van der Waals surface area contributed by atoms with Crippen LogP contribution in [0.5, 0.6) is 0 Å². The lowest BCUT2D eigenvalue weighted by molar-refractivity contribution is -0.117. The SMILES string of the molecule is Cl.O=C(Cc1ccc2ncccc2c1)Nc1ccc(-n2nc(C3CC3)cc2C2CC2)cc1.O=C(Cn1nnc2ccccc21)Nc1ccc(-n2nc(C3CC3)cc2C2CC2)c(F)c1. The first-order chi connectivity index (χ1) is 30.4. The van der Waals surface area contributed by atoms with Crippen LogP contribution in [0.25, 0.3) is 33.3 Å². The number of hydrogen-bond acceptors (Lipinski definition) is 7. The highest BCUT2D eigenvalue weighted by Crippen LogP contribution is 2.46. The van der Waals surface area contributed by atoms with Crippen molar-refractivity contribution < 1.29 is 14.0 Å². The van der Waals surface area contributed by atoms with Gasteiger partial charge in [0.15, 0.2) is 5.82 Å². The number of nitrogens with zero attached hydrogens (tertiary/aromatic N) is 8. The van der Waals surface area contributed by atoms with Gasteiger partial charge in [-0.1, -0.05) is 29.5 Å². The molecule has 2 N–H and O–H groups in total. The molecule has 14 heteroatoms. The lowest BCUT2D eigenvalue weighted by Gasteiger charge is -2.11. The predicted octanol–water partition coefficient (Wildman–Crippen LogP) is 9.93. The van der Waals surface area contributed by atoms with Crippen LogP contribution in [0.4, 0.5) is 15.8 Å². The maximum atomic E-state index is 15.0. The summed E-state index contributed by atoms with van der Waals surface area (Å²) in [4.78, 5) is 29.4. The molecular weight excluding hydrogens is 815 g/mol. The highest BCUT2D eigenvalue weighted by atomic mass is 35.5. The van der Waals surface area contributed by atoms with E-state index in [0.29, 0.717) is 41.5 Å². The zero-order valence-electron chi connectivity index (χ0n) is 34.5. The highest BCUT2D eigenvalue weighted by Gasteiger charge is 2.34. The number of hydrogen-bond donors (Lipinski definition) is 2. The van der Waals surface area contributed by atoms with Crippen molar-refractivity contribution in [1.82, 2.24) is 39.5 Å². The summed E-state index contributed by atoms with van der Waals surface area (Å²) in [6.45, 7) is -0.000380. The standard InChI is InChI=1S/C26H24N4O.C23H21FN6O.ClH/c31-26(15-17-3-12-23-20(14-17)2-1-13-27-23)28-21-8-10-22(11-9-21)30-25(19-6-7-19)16-24(29-30)18-4-5-18;24-17-11-16(25-23(31)13-29-21-4-2-1-3-18(21)26-28-29)9-10-20(17)30-22(15-7-8-15)12-19(27-30)14-5-6-14;/h1-3,8-14,16,18-19H,4-7,15H2,(H,28,31);1-4,9-12,14-15H,5-8,13H2,(H,25,31);1H. The normalized spacial score (nSPS) is 15.7. The van der Waals surface area contributed by atoms with E-state index >= 15 is 4.39 Å². The molecule has 4 fully saturated rings. The van der Waals surface area contributed by atoms with Crippen LogP contribution in [0.15, 0.2) is 115 Å². The summed E-state index contributed by atoms with van der Waals surface area (Å²) in [6, 6.07) is 34.5. The molecular formula is C49H46ClFN10O2. The summed E-state index contributed by atoms with van der Waals surface area (Å²) in [7, 11) is 0. The number of rotatable bonds is 12. The van der Waals surface area contributed by atoms with Crippen LogP contribution < -0.4 is 10.6 Å². The molecule has 12 rings (SSSR count). The second kappa shape index (κ2) is 16.9. The van der Waals surface area contributed by atoms with E-state index in [9.17, 15) is 9.59 Å². The van der Waals surface area contributed by atoms with Gasteiger partial charge in [0.1, 0.15) is 17.7 Å². The molecule has 4 saturated carbocycles. The van der Waals surface area contributed by atoms with Crippen molar-refractivity contribution in [1.29, 1.82) is 0 Å². The third-order valence-electron chi connectivity index (χ3n) is 12.1. The van der Waals surface area contributed by atoms with E-state index in [4.69, 9.17) is 10.2 Å². The Morgan fingerprint density at radius 2 is 1.29 bits per heavy atom. The fourth-order valence-corrected chi connectivity index (χ4v) is 8.16. The summed E-state index contributed by atoms with van der Waals surface area (Å²) in [6.07, 6.45) is 11.7. The Labute approximate surface area is 369 Å². The maximum Gasteiger partial charge on any atom is 0.246 e. The fourth-order valence-electron chi connectivity index (χ4n) is 8.16. The summed E-state index contributed by atoms with van der Waals surface area (Å²) in [5.41, 5.74) is 10.9. The van der Waals surface area contributed by atoms with Crippen LogP contribution in [0.1, 0.15) is 103 Å². The maximum absolute atomic E-state index is 15.0. The van der Waals surface area contributed by atoms with Gasteiger partial charge in [0, 0.05) is 58.0 Å². The third kappa shape index (κ3) is 8.96. The van der Waals surface area contributed by atoms with Gasteiger partial charge in [0.2, 0.25) is 11.8 Å². The molecule has 318 valence electrons. The third-order valence-corrected chi connectivity index (χ3v) is 12.1. The molecule has 4 aliphatic carbocycles. The molecule has 0 radical (unpaired) electrons. The van der Waals surface area contributed by atoms with Gasteiger partial charge in [-0.2, -0.15) is 10.2 Å². The van der Waals surface area contributed by atoms with Crippen molar-refractivity contribution in [3.8, 4) is 11.4 Å². The molecule has 4 heterocycles. The Kier molecular flexibility index (Phi) is 10.8. The number of aromatic nitrogens is 8. The topological polar surface area (TPSA) is 137 Å². The zero-order valence-corrected chi connectivity index (χ0v) is 35.3. The van der Waals surface area contributed by atoms with E-state index in [1.54, 1.807) is 23.0 Å². The van der Waals surface area contributed by atoms with Gasteiger partial charge in [-0.25, -0.2) is 18.4 Å². The number of carbonyl (C=O) groups is 2. The second-order valence-corrected chi connectivity index (χ2v) is 17.2. The number of halogens is 2. The number of fused-ring (bicyclic) bond motifs is 2. The molecule has 8 aromatic rings. The molecule has 0 bridgehead atoms. The number of pyridine rings is 1. The van der Waals surface area contributed by atoms with E-state index in [-0.39, 0.29) is 30.8 Å². The van der Waals surface area contributed by atoms with Crippen LogP contribution in [-0.2, 0) is 22.6 Å². The van der Waals surface area contributed by atoms with E-state index in [1.807, 2.05) is 78.9 Å². The fraction of sp³-hybridized carbons (Fsp3) is 0.286. The zero-order chi connectivity index (χ0) is 41.7. The monoisotopic (exact) mass is 860 g/mol. The quantitative estimate of drug-likeness (QED) is 0.125. The molecule has 2 amide bonds. The lowest BCUT2D eigenvalue weighted by Crippen LogP contribution is -2.19. The van der Waals surface area contributed by atoms with Crippen LogP contribution in [0, 0.1) is 5.82 Å². The second-order valence-electron chi connectivity index (χ2n) is 17.2. The predicted molar refractivity (Wildman–Crippen MR) is 242 cm³/mol. The van der Waals surface area contributed by atoms with Crippen molar-refractivity contribution in [2.45, 2.75) is 88.0 Å². The minimum atomic E-state index is -0.406. The Morgan fingerprint density at radius 3 is 1.98 bits per heavy atom. The number of carbonyl (C=O) groups excluding carboxylic acids is 2. The van der Waals surface area contributed by atoms with Gasteiger partial charge >= 0.3 is 0 Å². The largest absolute Gasteiger partial charge is 0.326 e. The Hall–Kier alpha value is -6.73. The molecule has 0 aliphatic heterocycles. The smallest absolute Gasteiger partial charge is 0.246 e. The van der Waals surface area contributed by atoms with Gasteiger partial charge in [0.05, 0.1) is 34.5 Å². The molecule has 4 aromatic carbocycles. The molecule has 4 aliphatic rings. The van der Waals surface area contributed by atoms with E-state index in [1.165, 1.54) is 47.8 Å². The summed E-state index contributed by atoms with van der Waals surface area (Å²) in [5, 5.41) is 24.5. The van der Waals surface area contributed by atoms with Crippen molar-refractivity contribution in [2.24, 2.45) is 0 Å². The number of amides is 2. The Balaban J connectivity index is 0.000000147. The number of nitrogens with one attached hydrogen (secondary N) is 2. The van der Waals surface area contributed by atoms with Crippen LogP contribution in [0.2, 0.25) is 0 Å². The Morgan fingerprint density at radius 1 is 0.635 bits per heavy atom. The van der Waals surface area contributed by atoms with E-state index < -0.39 is 5.82 Å². The average Bonchev–Trinajstić information content (AvgIpc) is 4.07. The number of para-hydroxylation sites is 1. The van der Waals surface area contributed by atoms with Gasteiger partial charge in [0.25, 0.3) is 0 Å². The average molecular weight is 861 g/mol. The minimum absolute atomic E-state index is 0. The summed E-state index contributed by atoms with van der Waals surface area (Å²) in [5.74, 6) is 1.57. The van der Waals surface area contributed by atoms with Crippen molar-refractivity contribution in [2.75, 3.05) is 10.6 Å². The van der Waals surface area contributed by atoms with Crippen LogP contribution in [-0.4, -0.2) is 51.4 Å². The molecule has 0 atom stereocenters. The van der Waals surface area contributed by atoms with Gasteiger partial charge in [-0.15, -0.1) is 17.5 Å². The van der Waals surface area contributed by atoms with Crippen molar-refractivity contribution in [3.63, 3.8) is 0 Å². The molecule has 4 aromatic heterocycles. The van der Waals surface area contributed by atoms with Gasteiger partial charge in [-0.3, -0.25) is 14.6 Å². The molecule has 0 unspecified atom stereocenters. The van der Waals surface area contributed by atoms with Crippen LogP contribution in [0.3, 0.4) is 0 Å². The van der Waals surface area contributed by atoms with Crippen LogP contribution >= 0.6 is 12.4 Å².